The molecular weight excluding hydrogens is 396 g/mol. The summed E-state index contributed by atoms with van der Waals surface area (Å²) >= 11 is 6.70. The molecular formula is C23H19ClN6. The number of halogens is 1. The number of nitriles is 1. The average Bonchev–Trinajstić information content (AvgIpc) is 3.45. The number of anilines is 1. The van der Waals surface area contributed by atoms with Crippen molar-refractivity contribution in [1.29, 1.82) is 5.26 Å². The number of benzene rings is 1. The largest absolute Gasteiger partial charge is 0.351 e. The lowest BCUT2D eigenvalue weighted by molar-refractivity contribution is 0.744. The van der Waals surface area contributed by atoms with E-state index in [9.17, 15) is 0 Å². The van der Waals surface area contributed by atoms with Crippen molar-refractivity contribution >= 4 is 23.2 Å². The summed E-state index contributed by atoms with van der Waals surface area (Å²) in [6.07, 6.45) is 10.3. The first-order chi connectivity index (χ1) is 14.7. The summed E-state index contributed by atoms with van der Waals surface area (Å²) in [6, 6.07) is 13.8. The molecule has 1 aromatic carbocycles. The molecule has 0 bridgehead atoms. The van der Waals surface area contributed by atoms with Crippen molar-refractivity contribution in [2.24, 2.45) is 0 Å². The molecule has 0 unspecified atom stereocenters. The van der Waals surface area contributed by atoms with E-state index < -0.39 is 0 Å². The molecule has 6 nitrogen and oxygen atoms in total. The van der Waals surface area contributed by atoms with E-state index in [2.05, 4.69) is 21.4 Å². The number of fused-ring (bicyclic) bond motifs is 1. The molecule has 1 fully saturated rings. The van der Waals surface area contributed by atoms with E-state index in [1.165, 1.54) is 12.8 Å². The minimum absolute atomic E-state index is 0.451. The van der Waals surface area contributed by atoms with Crippen molar-refractivity contribution in [2.75, 3.05) is 5.32 Å². The predicted molar refractivity (Wildman–Crippen MR) is 117 cm³/mol. The molecule has 0 radical (unpaired) electrons. The van der Waals surface area contributed by atoms with Crippen LogP contribution in [-0.4, -0.2) is 25.4 Å². The highest BCUT2D eigenvalue weighted by Crippen LogP contribution is 2.33. The van der Waals surface area contributed by atoms with Crippen LogP contribution in [0.15, 0.2) is 55.0 Å². The Morgan fingerprint density at radius 1 is 1.07 bits per heavy atom. The molecule has 1 saturated carbocycles. The summed E-state index contributed by atoms with van der Waals surface area (Å²) in [6.45, 7) is 0. The molecule has 148 valence electrons. The minimum atomic E-state index is 0.451. The molecule has 7 heteroatoms. The van der Waals surface area contributed by atoms with Crippen molar-refractivity contribution in [3.63, 3.8) is 0 Å². The fourth-order valence-corrected chi connectivity index (χ4v) is 4.29. The van der Waals surface area contributed by atoms with Crippen LogP contribution in [-0.2, 0) is 0 Å². The molecule has 1 aliphatic carbocycles. The van der Waals surface area contributed by atoms with Gasteiger partial charge in [0.25, 0.3) is 0 Å². The van der Waals surface area contributed by atoms with E-state index in [4.69, 9.17) is 21.8 Å². The number of nitrogens with zero attached hydrogens (tertiary/aromatic N) is 5. The van der Waals surface area contributed by atoms with Crippen molar-refractivity contribution in [2.45, 2.75) is 31.7 Å². The lowest BCUT2D eigenvalue weighted by Crippen LogP contribution is -2.16. The highest BCUT2D eigenvalue weighted by molar-refractivity contribution is 6.36. The summed E-state index contributed by atoms with van der Waals surface area (Å²) in [7, 11) is 0. The number of nitrogens with one attached hydrogen (secondary N) is 1. The number of imidazole rings is 1. The topological polar surface area (TPSA) is 78.9 Å². The number of rotatable bonds is 4. The van der Waals surface area contributed by atoms with Gasteiger partial charge in [-0.3, -0.25) is 4.40 Å². The molecule has 30 heavy (non-hydrogen) atoms. The third-order valence-corrected chi connectivity index (χ3v) is 5.92. The highest BCUT2D eigenvalue weighted by Gasteiger charge is 2.17. The van der Waals surface area contributed by atoms with Gasteiger partial charge in [0.15, 0.2) is 5.65 Å². The van der Waals surface area contributed by atoms with Gasteiger partial charge in [0.05, 0.1) is 34.2 Å². The molecule has 4 aromatic rings. The maximum atomic E-state index is 9.00. The molecule has 1 aliphatic rings. The van der Waals surface area contributed by atoms with Gasteiger partial charge in [0, 0.05) is 24.0 Å². The second kappa shape index (κ2) is 7.77. The predicted octanol–water partition coefficient (Wildman–Crippen LogP) is 5.34. The Balaban J connectivity index is 1.51. The molecule has 0 spiro atoms. The van der Waals surface area contributed by atoms with Crippen LogP contribution in [0.25, 0.3) is 28.2 Å². The first-order valence-corrected chi connectivity index (χ1v) is 10.4. The van der Waals surface area contributed by atoms with E-state index in [-0.39, 0.29) is 0 Å². The first kappa shape index (κ1) is 18.6. The van der Waals surface area contributed by atoms with Gasteiger partial charge in [-0.15, -0.1) is 0 Å². The van der Waals surface area contributed by atoms with Gasteiger partial charge in [-0.2, -0.15) is 5.26 Å². The average molecular weight is 415 g/mol. The number of aromatic nitrogens is 4. The Morgan fingerprint density at radius 2 is 1.87 bits per heavy atom. The number of hydrogen-bond acceptors (Lipinski definition) is 5. The summed E-state index contributed by atoms with van der Waals surface area (Å²) in [5, 5.41) is 13.0. The Hall–Kier alpha value is -3.43. The van der Waals surface area contributed by atoms with Crippen LogP contribution in [0.1, 0.15) is 31.2 Å². The first-order valence-electron chi connectivity index (χ1n) is 9.99. The summed E-state index contributed by atoms with van der Waals surface area (Å²) in [5.41, 5.74) is 4.74. The summed E-state index contributed by atoms with van der Waals surface area (Å²) in [4.78, 5) is 13.6. The zero-order valence-electron chi connectivity index (χ0n) is 16.2. The van der Waals surface area contributed by atoms with Gasteiger partial charge in [-0.05, 0) is 42.7 Å². The Labute approximate surface area is 179 Å². The van der Waals surface area contributed by atoms with E-state index in [1.54, 1.807) is 24.5 Å². The second-order valence-corrected chi connectivity index (χ2v) is 7.84. The smallest absolute Gasteiger partial charge is 0.223 e. The van der Waals surface area contributed by atoms with Crippen LogP contribution in [0.2, 0.25) is 5.02 Å². The fourth-order valence-electron chi connectivity index (χ4n) is 3.98. The Kier molecular flexibility index (Phi) is 4.82. The maximum absolute atomic E-state index is 9.00. The van der Waals surface area contributed by atoms with Gasteiger partial charge in [-0.25, -0.2) is 15.0 Å². The van der Waals surface area contributed by atoms with Crippen molar-refractivity contribution < 1.29 is 0 Å². The van der Waals surface area contributed by atoms with E-state index in [0.29, 0.717) is 28.2 Å². The lowest BCUT2D eigenvalue weighted by atomic mass is 10.1. The fraction of sp³-hybridized carbons (Fsp3) is 0.217. The monoisotopic (exact) mass is 414 g/mol. The van der Waals surface area contributed by atoms with Crippen LogP contribution < -0.4 is 5.32 Å². The normalized spacial score (nSPS) is 14.1. The molecule has 3 heterocycles. The molecule has 0 amide bonds. The van der Waals surface area contributed by atoms with Crippen LogP contribution in [0, 0.1) is 11.3 Å². The van der Waals surface area contributed by atoms with Crippen LogP contribution in [0.3, 0.4) is 0 Å². The Morgan fingerprint density at radius 3 is 2.63 bits per heavy atom. The van der Waals surface area contributed by atoms with E-state index >= 15 is 0 Å². The zero-order chi connectivity index (χ0) is 20.5. The molecule has 5 rings (SSSR count). The van der Waals surface area contributed by atoms with Crippen LogP contribution >= 0.6 is 11.6 Å². The quantitative estimate of drug-likeness (QED) is 0.487. The highest BCUT2D eigenvalue weighted by atomic mass is 35.5. The van der Waals surface area contributed by atoms with Crippen molar-refractivity contribution in [1.82, 2.24) is 19.4 Å². The molecule has 0 aliphatic heterocycles. The molecule has 3 aromatic heterocycles. The maximum Gasteiger partial charge on any atom is 0.223 e. The summed E-state index contributed by atoms with van der Waals surface area (Å²) in [5.74, 6) is 0.648. The second-order valence-electron chi connectivity index (χ2n) is 7.46. The van der Waals surface area contributed by atoms with Crippen molar-refractivity contribution in [3.8, 4) is 28.6 Å². The van der Waals surface area contributed by atoms with E-state index in [0.717, 1.165) is 35.4 Å². The van der Waals surface area contributed by atoms with E-state index in [1.807, 2.05) is 34.9 Å². The zero-order valence-corrected chi connectivity index (χ0v) is 17.0. The lowest BCUT2D eigenvalue weighted by Gasteiger charge is -2.12. The third-order valence-electron chi connectivity index (χ3n) is 5.55. The molecule has 0 saturated heterocycles. The minimum Gasteiger partial charge on any atom is -0.351 e. The standard InChI is InChI=1S/C23H19ClN6/c24-21-18(16-7-5-15(13-25)6-8-16)10-12-30-20(14-27-22(21)30)19-9-11-26-23(29-19)28-17-3-1-2-4-17/h5-12,14,17H,1-4H2,(H,26,28,29). The summed E-state index contributed by atoms with van der Waals surface area (Å²) < 4.78 is 1.94. The van der Waals surface area contributed by atoms with Gasteiger partial charge < -0.3 is 5.32 Å². The van der Waals surface area contributed by atoms with Gasteiger partial charge in [0.1, 0.15) is 0 Å². The molecule has 1 N–H and O–H groups in total. The van der Waals surface area contributed by atoms with Crippen molar-refractivity contribution in [3.05, 3.63) is 65.6 Å². The van der Waals surface area contributed by atoms with Gasteiger partial charge in [-0.1, -0.05) is 36.6 Å². The SMILES string of the molecule is N#Cc1ccc(-c2ccn3c(-c4ccnc(NC5CCCC5)n4)cnc3c2Cl)cc1. The van der Waals surface area contributed by atoms with Crippen LogP contribution in [0.4, 0.5) is 5.95 Å². The van der Waals surface area contributed by atoms with Gasteiger partial charge >= 0.3 is 0 Å². The number of hydrogen-bond donors (Lipinski definition) is 1. The third kappa shape index (κ3) is 3.38. The van der Waals surface area contributed by atoms with Gasteiger partial charge in [0.2, 0.25) is 5.95 Å². The number of pyridine rings is 1. The molecule has 0 atom stereocenters. The van der Waals surface area contributed by atoms with Crippen LogP contribution in [0.5, 0.6) is 0 Å². The Bertz CT molecular complexity index is 1250.